The first-order valence-corrected chi connectivity index (χ1v) is 7.35. The first kappa shape index (κ1) is 15.3. The summed E-state index contributed by atoms with van der Waals surface area (Å²) >= 11 is 1.10. The predicted molar refractivity (Wildman–Crippen MR) is 74.1 cm³/mol. The van der Waals surface area contributed by atoms with E-state index < -0.39 is 0 Å². The van der Waals surface area contributed by atoms with E-state index in [9.17, 15) is 9.59 Å². The maximum atomic E-state index is 11.8. The first-order chi connectivity index (χ1) is 8.37. The molecule has 0 bridgehead atoms. The summed E-state index contributed by atoms with van der Waals surface area (Å²) in [6.07, 6.45) is 4.10. The molecule has 0 aliphatic heterocycles. The molecule has 4 heteroatoms. The predicted octanol–water partition coefficient (Wildman–Crippen LogP) is 3.54. The normalized spacial score (nSPS) is 21.6. The van der Waals surface area contributed by atoms with Gasteiger partial charge >= 0.3 is 5.97 Å². The summed E-state index contributed by atoms with van der Waals surface area (Å²) < 4.78 is 4.89. The highest BCUT2D eigenvalue weighted by Gasteiger charge is 2.35. The number of thioether (sulfide) groups is 1. The molecular weight excluding hydrogens is 248 g/mol. The summed E-state index contributed by atoms with van der Waals surface area (Å²) in [5.41, 5.74) is 1.47. The van der Waals surface area contributed by atoms with Crippen LogP contribution in [0, 0.1) is 11.3 Å². The molecule has 0 saturated carbocycles. The third-order valence-electron chi connectivity index (χ3n) is 3.89. The van der Waals surface area contributed by atoms with Crippen molar-refractivity contribution >= 4 is 22.8 Å². The van der Waals surface area contributed by atoms with E-state index in [4.69, 9.17) is 4.74 Å². The van der Waals surface area contributed by atoms with E-state index in [0.717, 1.165) is 18.2 Å². The van der Waals surface area contributed by atoms with Crippen LogP contribution in [-0.2, 0) is 14.3 Å². The van der Waals surface area contributed by atoms with Gasteiger partial charge in [-0.25, -0.2) is 0 Å². The molecule has 0 heterocycles. The van der Waals surface area contributed by atoms with Crippen LogP contribution in [0.4, 0.5) is 0 Å². The fourth-order valence-corrected chi connectivity index (χ4v) is 2.70. The van der Waals surface area contributed by atoms with Gasteiger partial charge in [0.05, 0.1) is 0 Å². The number of carbonyl (C=O) groups is 2. The summed E-state index contributed by atoms with van der Waals surface area (Å²) in [7, 11) is 0. The number of hydrogen-bond donors (Lipinski definition) is 0. The SMILES string of the molecule is CCC(=O)OCSC(=O)C[C@@H]1CC=C(C)C1(C)C. The molecule has 102 valence electrons. The molecule has 0 aromatic carbocycles. The Morgan fingerprint density at radius 2 is 2.17 bits per heavy atom. The van der Waals surface area contributed by atoms with Crippen LogP contribution in [0.3, 0.4) is 0 Å². The summed E-state index contributed by atoms with van der Waals surface area (Å²) in [5.74, 6) is 0.263. The van der Waals surface area contributed by atoms with Crippen LogP contribution in [0.1, 0.15) is 47.0 Å². The molecule has 0 radical (unpaired) electrons. The molecule has 0 aromatic heterocycles. The minimum absolute atomic E-state index is 0.107. The minimum atomic E-state index is -0.256. The van der Waals surface area contributed by atoms with Crippen molar-refractivity contribution < 1.29 is 14.3 Å². The first-order valence-electron chi connectivity index (χ1n) is 6.36. The van der Waals surface area contributed by atoms with Crippen LogP contribution in [-0.4, -0.2) is 17.0 Å². The van der Waals surface area contributed by atoms with E-state index in [0.29, 0.717) is 18.8 Å². The lowest BCUT2D eigenvalue weighted by molar-refractivity contribution is -0.140. The van der Waals surface area contributed by atoms with E-state index in [2.05, 4.69) is 26.8 Å². The van der Waals surface area contributed by atoms with Crippen molar-refractivity contribution in [3.63, 3.8) is 0 Å². The van der Waals surface area contributed by atoms with Crippen LogP contribution in [0.15, 0.2) is 11.6 Å². The van der Waals surface area contributed by atoms with Crippen LogP contribution < -0.4 is 0 Å². The van der Waals surface area contributed by atoms with Gasteiger partial charge in [0.15, 0.2) is 5.12 Å². The molecule has 0 aromatic rings. The molecule has 18 heavy (non-hydrogen) atoms. The molecule has 0 fully saturated rings. The average Bonchev–Trinajstić information content (AvgIpc) is 2.55. The molecule has 1 aliphatic rings. The molecule has 0 spiro atoms. The Morgan fingerprint density at radius 1 is 1.50 bits per heavy atom. The Labute approximate surface area is 113 Å². The molecule has 1 atom stereocenters. The number of hydrogen-bond acceptors (Lipinski definition) is 4. The fraction of sp³-hybridized carbons (Fsp3) is 0.714. The third-order valence-corrected chi connectivity index (χ3v) is 4.61. The standard InChI is InChI=1S/C14H22O3S/c1-5-12(15)17-9-18-13(16)8-11-7-6-10(2)14(11,3)4/h6,11H,5,7-9H2,1-4H3/t11-/m0/s1. The second kappa shape index (κ2) is 6.41. The van der Waals surface area contributed by atoms with E-state index in [1.54, 1.807) is 6.92 Å². The average molecular weight is 270 g/mol. The van der Waals surface area contributed by atoms with Gasteiger partial charge in [-0.2, -0.15) is 0 Å². The lowest BCUT2D eigenvalue weighted by Crippen LogP contribution is -2.22. The van der Waals surface area contributed by atoms with Crippen molar-refractivity contribution in [1.82, 2.24) is 0 Å². The van der Waals surface area contributed by atoms with Crippen molar-refractivity contribution in [2.45, 2.75) is 47.0 Å². The van der Waals surface area contributed by atoms with Gasteiger partial charge in [-0.15, -0.1) is 0 Å². The van der Waals surface area contributed by atoms with Gasteiger partial charge in [-0.1, -0.05) is 32.4 Å². The summed E-state index contributed by atoms with van der Waals surface area (Å²) in [4.78, 5) is 22.7. The molecule has 0 amide bonds. The van der Waals surface area contributed by atoms with Gasteiger partial charge in [0, 0.05) is 12.8 Å². The second-order valence-electron chi connectivity index (χ2n) is 5.25. The molecular formula is C14H22O3S. The van der Waals surface area contributed by atoms with Crippen molar-refractivity contribution in [2.24, 2.45) is 11.3 Å². The van der Waals surface area contributed by atoms with Crippen molar-refractivity contribution in [3.8, 4) is 0 Å². The third kappa shape index (κ3) is 3.87. The topological polar surface area (TPSA) is 43.4 Å². The molecule has 0 unspecified atom stereocenters. The number of esters is 1. The zero-order chi connectivity index (χ0) is 13.8. The second-order valence-corrected chi connectivity index (χ2v) is 6.23. The molecule has 0 saturated heterocycles. The summed E-state index contributed by atoms with van der Waals surface area (Å²) in [6, 6.07) is 0. The highest BCUT2D eigenvalue weighted by Crippen LogP contribution is 2.45. The monoisotopic (exact) mass is 270 g/mol. The van der Waals surface area contributed by atoms with Gasteiger partial charge in [0.1, 0.15) is 5.94 Å². The smallest absolute Gasteiger partial charge is 0.306 e. The molecule has 0 N–H and O–H groups in total. The number of carbonyl (C=O) groups excluding carboxylic acids is 2. The van der Waals surface area contributed by atoms with Crippen molar-refractivity contribution in [3.05, 3.63) is 11.6 Å². The van der Waals surface area contributed by atoms with Crippen LogP contribution in [0.25, 0.3) is 0 Å². The molecule has 1 rings (SSSR count). The Morgan fingerprint density at radius 3 is 2.67 bits per heavy atom. The summed E-state index contributed by atoms with van der Waals surface area (Å²) in [6.45, 7) is 8.24. The Bertz CT molecular complexity index is 358. The van der Waals surface area contributed by atoms with Gasteiger partial charge in [0.2, 0.25) is 0 Å². The van der Waals surface area contributed by atoms with E-state index in [-0.39, 0.29) is 22.4 Å². The van der Waals surface area contributed by atoms with Gasteiger partial charge in [-0.3, -0.25) is 9.59 Å². The van der Waals surface area contributed by atoms with Crippen LogP contribution in [0.2, 0.25) is 0 Å². The minimum Gasteiger partial charge on any atom is -0.454 e. The van der Waals surface area contributed by atoms with Crippen LogP contribution >= 0.6 is 11.8 Å². The Kier molecular flexibility index (Phi) is 5.45. The maximum Gasteiger partial charge on any atom is 0.306 e. The molecule has 3 nitrogen and oxygen atoms in total. The van der Waals surface area contributed by atoms with Gasteiger partial charge < -0.3 is 4.74 Å². The van der Waals surface area contributed by atoms with E-state index >= 15 is 0 Å². The van der Waals surface area contributed by atoms with Crippen LogP contribution in [0.5, 0.6) is 0 Å². The highest BCUT2D eigenvalue weighted by molar-refractivity contribution is 8.13. The zero-order valence-electron chi connectivity index (χ0n) is 11.6. The van der Waals surface area contributed by atoms with E-state index in [1.165, 1.54) is 5.57 Å². The van der Waals surface area contributed by atoms with Crippen molar-refractivity contribution in [2.75, 3.05) is 5.94 Å². The number of allylic oxidation sites excluding steroid dienone is 2. The number of ether oxygens (including phenoxy) is 1. The fourth-order valence-electron chi connectivity index (χ4n) is 2.06. The Balaban J connectivity index is 2.32. The Hall–Kier alpha value is -0.770. The number of rotatable bonds is 5. The van der Waals surface area contributed by atoms with Gasteiger partial charge in [-0.05, 0) is 36.4 Å². The zero-order valence-corrected chi connectivity index (χ0v) is 12.4. The maximum absolute atomic E-state index is 11.8. The van der Waals surface area contributed by atoms with E-state index in [1.807, 2.05) is 0 Å². The largest absolute Gasteiger partial charge is 0.454 e. The highest BCUT2D eigenvalue weighted by atomic mass is 32.2. The molecule has 1 aliphatic carbocycles. The van der Waals surface area contributed by atoms with Gasteiger partial charge in [0.25, 0.3) is 0 Å². The lowest BCUT2D eigenvalue weighted by Gasteiger charge is -2.29. The lowest BCUT2D eigenvalue weighted by atomic mass is 9.76. The summed E-state index contributed by atoms with van der Waals surface area (Å²) in [5, 5.41) is 0.111. The quantitative estimate of drug-likeness (QED) is 0.435. The van der Waals surface area contributed by atoms with Crippen molar-refractivity contribution in [1.29, 1.82) is 0 Å².